The van der Waals surface area contributed by atoms with Crippen LogP contribution in [-0.4, -0.2) is 42.6 Å². The number of carboxylic acid groups (broad SMARTS) is 1. The van der Waals surface area contributed by atoms with E-state index < -0.39 is 5.97 Å². The monoisotopic (exact) mass is 327 g/mol. The molecule has 6 nitrogen and oxygen atoms in total. The molecular weight excluding hydrogens is 306 g/mol. The van der Waals surface area contributed by atoms with Crippen molar-refractivity contribution in [2.45, 2.75) is 12.8 Å². The average molecular weight is 327 g/mol. The van der Waals surface area contributed by atoms with Gasteiger partial charge in [0.2, 0.25) is 0 Å². The van der Waals surface area contributed by atoms with E-state index >= 15 is 0 Å². The van der Waals surface area contributed by atoms with Gasteiger partial charge in [0.15, 0.2) is 0 Å². The third-order valence-electron chi connectivity index (χ3n) is 3.57. The van der Waals surface area contributed by atoms with Crippen molar-refractivity contribution in [1.29, 1.82) is 0 Å². The number of carbonyl (C=O) groups is 2. The van der Waals surface area contributed by atoms with Crippen LogP contribution in [0.1, 0.15) is 23.2 Å². The van der Waals surface area contributed by atoms with Gasteiger partial charge in [0, 0.05) is 50.7 Å². The Balaban J connectivity index is 2.05. The van der Waals surface area contributed by atoms with Crippen molar-refractivity contribution >= 4 is 17.6 Å². The van der Waals surface area contributed by atoms with Crippen LogP contribution in [0.5, 0.6) is 0 Å². The molecule has 24 heavy (non-hydrogen) atoms. The average Bonchev–Trinajstić information content (AvgIpc) is 2.58. The first-order valence-corrected chi connectivity index (χ1v) is 7.70. The molecule has 0 unspecified atom stereocenters. The lowest BCUT2D eigenvalue weighted by atomic mass is 10.1. The van der Waals surface area contributed by atoms with Crippen molar-refractivity contribution < 1.29 is 14.7 Å². The summed E-state index contributed by atoms with van der Waals surface area (Å²) in [6, 6.07) is 9.77. The molecule has 0 spiro atoms. The zero-order valence-electron chi connectivity index (χ0n) is 13.8. The van der Waals surface area contributed by atoms with Gasteiger partial charge in [-0.05, 0) is 30.2 Å². The number of nitrogens with zero attached hydrogens (tertiary/aromatic N) is 2. The number of anilines is 1. The summed E-state index contributed by atoms with van der Waals surface area (Å²) in [5.74, 6) is -1.12. The third-order valence-corrected chi connectivity index (χ3v) is 3.57. The number of nitrogens with one attached hydrogen (secondary N) is 1. The maximum Gasteiger partial charge on any atom is 0.303 e. The first kappa shape index (κ1) is 17.5. The minimum absolute atomic E-state index is 0.0385. The summed E-state index contributed by atoms with van der Waals surface area (Å²) in [6.45, 7) is 0.326. The van der Waals surface area contributed by atoms with Crippen molar-refractivity contribution in [2.24, 2.45) is 0 Å². The van der Waals surface area contributed by atoms with Crippen LogP contribution >= 0.6 is 0 Å². The molecule has 0 saturated heterocycles. The predicted octanol–water partition coefficient (Wildman–Crippen LogP) is 2.41. The fourth-order valence-corrected chi connectivity index (χ4v) is 2.22. The molecule has 0 aliphatic rings. The van der Waals surface area contributed by atoms with Crippen LogP contribution in [0, 0.1) is 0 Å². The fraction of sp³-hybridized carbons (Fsp3) is 0.278. The minimum Gasteiger partial charge on any atom is -0.481 e. The van der Waals surface area contributed by atoms with Gasteiger partial charge in [0.1, 0.15) is 0 Å². The number of pyridine rings is 1. The van der Waals surface area contributed by atoms with Crippen LogP contribution in [0.25, 0.3) is 11.1 Å². The number of amides is 1. The summed E-state index contributed by atoms with van der Waals surface area (Å²) in [6.07, 6.45) is 3.66. The maximum atomic E-state index is 12.1. The van der Waals surface area contributed by atoms with Gasteiger partial charge >= 0.3 is 5.97 Å². The molecule has 2 N–H and O–H groups in total. The van der Waals surface area contributed by atoms with E-state index in [1.807, 2.05) is 43.3 Å². The number of hydrogen-bond acceptors (Lipinski definition) is 4. The van der Waals surface area contributed by atoms with Crippen molar-refractivity contribution in [2.75, 3.05) is 25.5 Å². The summed E-state index contributed by atoms with van der Waals surface area (Å²) in [4.78, 5) is 28.7. The molecule has 0 aliphatic heterocycles. The van der Waals surface area contributed by atoms with Gasteiger partial charge in [-0.1, -0.05) is 12.1 Å². The molecule has 2 aromatic rings. The Morgan fingerprint density at radius 2 is 1.83 bits per heavy atom. The second-order valence-electron chi connectivity index (χ2n) is 5.66. The summed E-state index contributed by atoms with van der Waals surface area (Å²) in [5.41, 5.74) is 3.39. The minimum atomic E-state index is -0.867. The van der Waals surface area contributed by atoms with Crippen molar-refractivity contribution in [3.05, 3.63) is 48.3 Å². The summed E-state index contributed by atoms with van der Waals surface area (Å²) in [5, 5.41) is 11.3. The number of hydrogen-bond donors (Lipinski definition) is 2. The Labute approximate surface area is 141 Å². The number of rotatable bonds is 7. The van der Waals surface area contributed by atoms with Gasteiger partial charge in [0.05, 0.1) is 5.56 Å². The van der Waals surface area contributed by atoms with E-state index in [4.69, 9.17) is 5.11 Å². The highest BCUT2D eigenvalue weighted by Crippen LogP contribution is 2.22. The van der Waals surface area contributed by atoms with Crippen LogP contribution in [0.4, 0.5) is 5.69 Å². The second kappa shape index (κ2) is 8.10. The highest BCUT2D eigenvalue weighted by atomic mass is 16.4. The number of carbonyl (C=O) groups excluding carboxylic acids is 1. The summed E-state index contributed by atoms with van der Waals surface area (Å²) in [7, 11) is 3.96. The topological polar surface area (TPSA) is 82.5 Å². The van der Waals surface area contributed by atoms with E-state index in [-0.39, 0.29) is 12.3 Å². The zero-order chi connectivity index (χ0) is 17.5. The molecular formula is C18H21N3O3. The van der Waals surface area contributed by atoms with Crippen molar-refractivity contribution in [3.8, 4) is 11.1 Å². The highest BCUT2D eigenvalue weighted by molar-refractivity contribution is 5.95. The molecule has 1 aromatic carbocycles. The number of aromatic nitrogens is 1. The quantitative estimate of drug-likeness (QED) is 0.763. The summed E-state index contributed by atoms with van der Waals surface area (Å²) < 4.78 is 0. The van der Waals surface area contributed by atoms with E-state index in [1.165, 1.54) is 6.20 Å². The molecule has 0 aliphatic carbocycles. The Morgan fingerprint density at radius 3 is 2.46 bits per heavy atom. The molecule has 0 fully saturated rings. The first-order valence-electron chi connectivity index (χ1n) is 7.70. The molecule has 0 saturated carbocycles. The predicted molar refractivity (Wildman–Crippen MR) is 93.2 cm³/mol. The molecule has 6 heteroatoms. The smallest absolute Gasteiger partial charge is 0.303 e. The SMILES string of the molecule is CN(C)c1ccc(-c2cncc(C(=O)NCCCC(=O)O)c2)cc1. The molecule has 2 rings (SSSR count). The largest absolute Gasteiger partial charge is 0.481 e. The maximum absolute atomic E-state index is 12.1. The lowest BCUT2D eigenvalue weighted by Crippen LogP contribution is -2.25. The molecule has 126 valence electrons. The third kappa shape index (κ3) is 4.81. The van der Waals surface area contributed by atoms with Crippen LogP contribution in [0.2, 0.25) is 0 Å². The number of aliphatic carboxylic acids is 1. The van der Waals surface area contributed by atoms with E-state index in [0.717, 1.165) is 16.8 Å². The van der Waals surface area contributed by atoms with E-state index in [1.54, 1.807) is 12.3 Å². The Bertz CT molecular complexity index is 712. The number of carboxylic acids is 1. The van der Waals surface area contributed by atoms with Crippen molar-refractivity contribution in [1.82, 2.24) is 10.3 Å². The second-order valence-corrected chi connectivity index (χ2v) is 5.66. The molecule has 0 atom stereocenters. The van der Waals surface area contributed by atoms with E-state index in [2.05, 4.69) is 10.3 Å². The lowest BCUT2D eigenvalue weighted by molar-refractivity contribution is -0.137. The summed E-state index contributed by atoms with van der Waals surface area (Å²) >= 11 is 0. The zero-order valence-corrected chi connectivity index (χ0v) is 13.8. The van der Waals surface area contributed by atoms with Gasteiger partial charge in [-0.3, -0.25) is 14.6 Å². The molecule has 0 bridgehead atoms. The first-order chi connectivity index (χ1) is 11.5. The Kier molecular flexibility index (Phi) is 5.89. The van der Waals surface area contributed by atoms with Gasteiger partial charge in [-0.15, -0.1) is 0 Å². The highest BCUT2D eigenvalue weighted by Gasteiger charge is 2.08. The number of benzene rings is 1. The van der Waals surface area contributed by atoms with Gasteiger partial charge < -0.3 is 15.3 Å². The Hall–Kier alpha value is -2.89. The molecule has 0 radical (unpaired) electrons. The Morgan fingerprint density at radius 1 is 1.12 bits per heavy atom. The van der Waals surface area contributed by atoms with Crippen LogP contribution in [-0.2, 0) is 4.79 Å². The fourth-order valence-electron chi connectivity index (χ4n) is 2.22. The van der Waals surface area contributed by atoms with Gasteiger partial charge in [-0.2, -0.15) is 0 Å². The molecule has 1 heterocycles. The van der Waals surface area contributed by atoms with Crippen LogP contribution in [0.15, 0.2) is 42.7 Å². The lowest BCUT2D eigenvalue weighted by Gasteiger charge is -2.13. The molecule has 1 aromatic heterocycles. The van der Waals surface area contributed by atoms with Gasteiger partial charge in [-0.25, -0.2) is 0 Å². The van der Waals surface area contributed by atoms with Crippen LogP contribution in [0.3, 0.4) is 0 Å². The van der Waals surface area contributed by atoms with Gasteiger partial charge in [0.25, 0.3) is 5.91 Å². The normalized spacial score (nSPS) is 10.2. The van der Waals surface area contributed by atoms with Crippen molar-refractivity contribution in [3.63, 3.8) is 0 Å². The standard InChI is InChI=1S/C18H21N3O3/c1-21(2)16-7-5-13(6-8-16)14-10-15(12-19-11-14)18(24)20-9-3-4-17(22)23/h5-8,10-12H,3-4,9H2,1-2H3,(H,20,24)(H,22,23). The van der Waals surface area contributed by atoms with E-state index in [0.29, 0.717) is 18.5 Å². The van der Waals surface area contributed by atoms with E-state index in [9.17, 15) is 9.59 Å². The van der Waals surface area contributed by atoms with Crippen LogP contribution < -0.4 is 10.2 Å². The molecule has 1 amide bonds.